The minimum absolute atomic E-state index is 0.112. The number of hydrogen-bond donors (Lipinski definition) is 2. The first-order valence-corrected chi connectivity index (χ1v) is 12.0. The van der Waals surface area contributed by atoms with Crippen LogP contribution in [0, 0.1) is 18.3 Å². The number of nitriles is 1. The van der Waals surface area contributed by atoms with Gasteiger partial charge in [-0.15, -0.1) is 0 Å². The van der Waals surface area contributed by atoms with Crippen LogP contribution >= 0.6 is 0 Å². The Morgan fingerprint density at radius 3 is 2.65 bits per heavy atom. The molecule has 0 unspecified atom stereocenters. The molecule has 3 N–H and O–H groups in total. The molecule has 0 saturated heterocycles. The second-order valence-electron chi connectivity index (χ2n) is 9.08. The molecule has 3 heterocycles. The third-order valence-corrected chi connectivity index (χ3v) is 9.66. The molecule has 0 fully saturated rings. The summed E-state index contributed by atoms with van der Waals surface area (Å²) in [5.41, 5.74) is 5.49. The van der Waals surface area contributed by atoms with Gasteiger partial charge in [0.05, 0.1) is 12.2 Å². The molecule has 2 aliphatic rings. The Labute approximate surface area is 196 Å². The Morgan fingerprint density at radius 1 is 1.29 bits per heavy atom. The summed E-state index contributed by atoms with van der Waals surface area (Å²) >= 11 is 0. The average molecular weight is 486 g/mol. The highest BCUT2D eigenvalue weighted by molar-refractivity contribution is 7.94. The van der Waals surface area contributed by atoms with Crippen molar-refractivity contribution in [3.63, 3.8) is 0 Å². The number of carbonyl (C=O) groups is 1. The Morgan fingerprint density at radius 2 is 2.00 bits per heavy atom. The molecule has 1 amide bonds. The quantitative estimate of drug-likeness (QED) is 0.664. The summed E-state index contributed by atoms with van der Waals surface area (Å²) in [6.07, 6.45) is 0.855. The number of nitrogens with zero attached hydrogens (tertiary/aromatic N) is 3. The van der Waals surface area contributed by atoms with Gasteiger partial charge in [-0.1, -0.05) is 0 Å². The number of fused-ring (bicyclic) bond motifs is 3. The first-order chi connectivity index (χ1) is 15.8. The van der Waals surface area contributed by atoms with Crippen LogP contribution in [0.2, 0.25) is 0 Å². The minimum Gasteiger partial charge on any atom is -0.493 e. The highest BCUT2D eigenvalue weighted by Gasteiger charge is 2.69. The largest absolute Gasteiger partial charge is 0.493 e. The van der Waals surface area contributed by atoms with Gasteiger partial charge in [-0.3, -0.25) is 9.79 Å². The number of rotatable bonds is 2. The lowest BCUT2D eigenvalue weighted by molar-refractivity contribution is 0.102. The standard InChI is InChI=1S/C23H24FN5O4S/c1-13-9-14(11-25)12-27-18(13)19(30)28-15-5-6-17-16(10-15)22(4)23(24,7-8-33-17)34(31,32)21(2,3)20(26)29-22/h5-6,9-10,12H,7-8H2,1-4H3,(H2,26,29)(H,28,30)/t22-,23-/m1/s1. The van der Waals surface area contributed by atoms with Crippen molar-refractivity contribution >= 4 is 27.3 Å². The zero-order chi connectivity index (χ0) is 25.1. The molecule has 1 aromatic heterocycles. The maximum atomic E-state index is 16.6. The van der Waals surface area contributed by atoms with Gasteiger partial charge >= 0.3 is 0 Å². The van der Waals surface area contributed by atoms with Crippen molar-refractivity contribution in [2.75, 3.05) is 11.9 Å². The average Bonchev–Trinajstić information content (AvgIpc) is 2.88. The van der Waals surface area contributed by atoms with E-state index in [-0.39, 0.29) is 35.1 Å². The zero-order valence-corrected chi connectivity index (χ0v) is 20.0. The smallest absolute Gasteiger partial charge is 0.274 e. The molecular weight excluding hydrogens is 461 g/mol. The van der Waals surface area contributed by atoms with Crippen LogP contribution in [-0.2, 0) is 15.4 Å². The SMILES string of the molecule is Cc1cc(C#N)cnc1C(=O)Nc1ccc2c(c1)[C@@]1(C)N=C(N)C(C)(C)S(=O)(=O)[C@]1(F)CCO2. The fourth-order valence-corrected chi connectivity index (χ4v) is 6.53. The van der Waals surface area contributed by atoms with E-state index in [2.05, 4.69) is 15.3 Å². The van der Waals surface area contributed by atoms with E-state index >= 15 is 4.39 Å². The highest BCUT2D eigenvalue weighted by atomic mass is 32.2. The molecule has 0 spiro atoms. The molecule has 1 aromatic carbocycles. The van der Waals surface area contributed by atoms with Crippen molar-refractivity contribution in [1.29, 1.82) is 5.26 Å². The highest BCUT2D eigenvalue weighted by Crippen LogP contribution is 2.55. The number of aliphatic imine (C=N–C) groups is 1. The summed E-state index contributed by atoms with van der Waals surface area (Å²) in [7, 11) is -4.45. The van der Waals surface area contributed by atoms with Gasteiger partial charge in [0.15, 0.2) is 9.84 Å². The molecule has 0 radical (unpaired) electrons. The van der Waals surface area contributed by atoms with Gasteiger partial charge in [0.1, 0.15) is 33.6 Å². The van der Waals surface area contributed by atoms with Crippen LogP contribution < -0.4 is 15.8 Å². The van der Waals surface area contributed by atoms with E-state index < -0.39 is 37.5 Å². The third kappa shape index (κ3) is 3.09. The van der Waals surface area contributed by atoms with E-state index in [0.717, 1.165) is 0 Å². The predicted molar refractivity (Wildman–Crippen MR) is 124 cm³/mol. The number of amidine groups is 1. The maximum absolute atomic E-state index is 16.6. The van der Waals surface area contributed by atoms with Crippen LogP contribution in [0.25, 0.3) is 0 Å². The van der Waals surface area contributed by atoms with Gasteiger partial charge in [-0.2, -0.15) is 5.26 Å². The molecular formula is C23H24FN5O4S. The number of anilines is 1. The number of aromatic nitrogens is 1. The van der Waals surface area contributed by atoms with Gasteiger partial charge in [0, 0.05) is 23.9 Å². The van der Waals surface area contributed by atoms with Crippen LogP contribution in [-0.4, -0.2) is 41.5 Å². The molecule has 0 bridgehead atoms. The number of hydrogen-bond acceptors (Lipinski definition) is 8. The Hall–Kier alpha value is -3.52. The maximum Gasteiger partial charge on any atom is 0.274 e. The lowest BCUT2D eigenvalue weighted by Gasteiger charge is -2.47. The molecule has 11 heteroatoms. The van der Waals surface area contributed by atoms with Crippen molar-refractivity contribution in [3.8, 4) is 11.8 Å². The Balaban J connectivity index is 1.81. The fourth-order valence-electron chi connectivity index (χ4n) is 4.37. The van der Waals surface area contributed by atoms with E-state index in [9.17, 15) is 13.2 Å². The molecule has 0 saturated carbocycles. The molecule has 0 aliphatic carbocycles. The zero-order valence-electron chi connectivity index (χ0n) is 19.1. The molecule has 2 atom stereocenters. The minimum atomic E-state index is -4.45. The summed E-state index contributed by atoms with van der Waals surface area (Å²) in [5.74, 6) is -0.504. The summed E-state index contributed by atoms with van der Waals surface area (Å²) in [5, 5.41) is 8.90. The fraction of sp³-hybridized carbons (Fsp3) is 0.391. The van der Waals surface area contributed by atoms with Crippen LogP contribution in [0.4, 0.5) is 10.1 Å². The number of pyridine rings is 1. The lowest BCUT2D eigenvalue weighted by Crippen LogP contribution is -2.65. The number of amides is 1. The number of benzene rings is 1. The number of nitrogens with two attached hydrogens (primary N) is 1. The first kappa shape index (κ1) is 23.6. The number of ether oxygens (including phenoxy) is 1. The van der Waals surface area contributed by atoms with Crippen molar-refractivity contribution in [1.82, 2.24) is 4.98 Å². The van der Waals surface area contributed by atoms with Crippen molar-refractivity contribution < 1.29 is 22.3 Å². The van der Waals surface area contributed by atoms with E-state index in [1.54, 1.807) is 13.0 Å². The number of halogens is 1. The Kier molecular flexibility index (Phi) is 5.21. The molecule has 178 valence electrons. The second kappa shape index (κ2) is 7.50. The summed E-state index contributed by atoms with van der Waals surface area (Å²) in [4.78, 5) is 21.3. The van der Waals surface area contributed by atoms with Crippen molar-refractivity contribution in [2.45, 2.75) is 49.4 Å². The van der Waals surface area contributed by atoms with Gasteiger partial charge in [0.25, 0.3) is 5.91 Å². The lowest BCUT2D eigenvalue weighted by atomic mass is 9.84. The Bertz CT molecular complexity index is 1400. The van der Waals surface area contributed by atoms with Crippen LogP contribution in [0.15, 0.2) is 35.5 Å². The van der Waals surface area contributed by atoms with Crippen molar-refractivity contribution in [2.24, 2.45) is 10.7 Å². The van der Waals surface area contributed by atoms with E-state index in [0.29, 0.717) is 11.1 Å². The number of nitrogens with one attached hydrogen (secondary N) is 1. The van der Waals surface area contributed by atoms with Crippen LogP contribution in [0.1, 0.15) is 54.4 Å². The number of aryl methyl sites for hydroxylation is 1. The van der Waals surface area contributed by atoms with E-state index in [1.165, 1.54) is 45.2 Å². The van der Waals surface area contributed by atoms with Crippen LogP contribution in [0.3, 0.4) is 0 Å². The number of carbonyl (C=O) groups excluding carboxylic acids is 1. The van der Waals surface area contributed by atoms with Gasteiger partial charge in [-0.05, 0) is 57.5 Å². The molecule has 4 rings (SSSR count). The summed E-state index contributed by atoms with van der Waals surface area (Å²) in [6.45, 7) is 5.51. The van der Waals surface area contributed by atoms with Crippen molar-refractivity contribution in [3.05, 3.63) is 52.8 Å². The topological polar surface area (TPSA) is 148 Å². The summed E-state index contributed by atoms with van der Waals surface area (Å²) < 4.78 is 47.4. The molecule has 9 nitrogen and oxygen atoms in total. The van der Waals surface area contributed by atoms with E-state index in [1.807, 2.05) is 6.07 Å². The van der Waals surface area contributed by atoms with Gasteiger partial charge in [0.2, 0.25) is 5.00 Å². The number of alkyl halides is 1. The predicted octanol–water partition coefficient (Wildman–Crippen LogP) is 2.74. The third-order valence-electron chi connectivity index (χ3n) is 6.65. The first-order valence-electron chi connectivity index (χ1n) is 10.5. The molecule has 34 heavy (non-hydrogen) atoms. The van der Waals surface area contributed by atoms with Gasteiger partial charge < -0.3 is 15.8 Å². The molecule has 2 aromatic rings. The summed E-state index contributed by atoms with van der Waals surface area (Å²) in [6, 6.07) is 8.02. The second-order valence-corrected chi connectivity index (χ2v) is 11.8. The van der Waals surface area contributed by atoms with E-state index in [4.69, 9.17) is 15.7 Å². The number of sulfone groups is 1. The monoisotopic (exact) mass is 485 g/mol. The molecule has 2 aliphatic heterocycles. The normalized spacial score (nSPS) is 26.5. The van der Waals surface area contributed by atoms with Gasteiger partial charge in [-0.25, -0.2) is 17.8 Å². The van der Waals surface area contributed by atoms with Crippen LogP contribution in [0.5, 0.6) is 5.75 Å².